The highest BCUT2D eigenvalue weighted by Gasteiger charge is 2.39. The molecule has 2 heterocycles. The monoisotopic (exact) mass is 377 g/mol. The van der Waals surface area contributed by atoms with Gasteiger partial charge in [0.25, 0.3) is 0 Å². The van der Waals surface area contributed by atoms with E-state index in [0.717, 1.165) is 37.2 Å². The number of fused-ring (bicyclic) bond motifs is 1. The van der Waals surface area contributed by atoms with Gasteiger partial charge in [-0.1, -0.05) is 48.0 Å². The Balaban J connectivity index is 1.60. The average molecular weight is 377 g/mol. The number of benzene rings is 2. The fraction of sp³-hybridized carbons (Fsp3) is 0.375. The minimum absolute atomic E-state index is 0.149. The molecule has 1 saturated heterocycles. The summed E-state index contributed by atoms with van der Waals surface area (Å²) in [5.41, 5.74) is 4.53. The normalized spacial score (nSPS) is 18.1. The predicted octanol–water partition coefficient (Wildman–Crippen LogP) is 4.22. The van der Waals surface area contributed by atoms with Crippen LogP contribution >= 0.6 is 0 Å². The minimum Gasteiger partial charge on any atom is -0.482 e. The highest BCUT2D eigenvalue weighted by molar-refractivity contribution is 5.84. The first kappa shape index (κ1) is 18.8. The molecule has 2 aliphatic rings. The van der Waals surface area contributed by atoms with Gasteiger partial charge in [0.2, 0.25) is 0 Å². The van der Waals surface area contributed by atoms with E-state index in [-0.39, 0.29) is 11.6 Å². The third-order valence-corrected chi connectivity index (χ3v) is 5.62. The van der Waals surface area contributed by atoms with Gasteiger partial charge >= 0.3 is 5.97 Å². The summed E-state index contributed by atoms with van der Waals surface area (Å²) in [4.78, 5) is 14.0. The Hall–Kier alpha value is -2.59. The van der Waals surface area contributed by atoms with Gasteiger partial charge in [-0.25, -0.2) is 0 Å². The lowest BCUT2D eigenvalue weighted by Gasteiger charge is -2.43. The van der Waals surface area contributed by atoms with Crippen LogP contribution in [0.5, 0.6) is 5.75 Å². The first-order valence-corrected chi connectivity index (χ1v) is 10.0. The van der Waals surface area contributed by atoms with E-state index in [0.29, 0.717) is 13.2 Å². The van der Waals surface area contributed by atoms with Gasteiger partial charge in [0.05, 0.1) is 13.2 Å². The number of likely N-dealkylation sites (tertiary alicyclic amines) is 1. The molecule has 0 unspecified atom stereocenters. The standard InChI is InChI=1S/C24H27NO3/c1-3-27-23(26)17-25-14-12-24(13-15-25)16-21(19-10-8-18(2)9-11-19)20-6-4-5-7-22(20)28-24/h4-11,16H,3,12-15,17H2,1-2H3. The Bertz CT molecular complexity index is 877. The maximum absolute atomic E-state index is 11.8. The van der Waals surface area contributed by atoms with E-state index < -0.39 is 0 Å². The Labute approximate surface area is 166 Å². The molecule has 0 amide bonds. The molecule has 4 rings (SSSR count). The van der Waals surface area contributed by atoms with E-state index in [9.17, 15) is 4.79 Å². The molecule has 4 heteroatoms. The molecule has 0 saturated carbocycles. The van der Waals surface area contributed by atoms with E-state index in [2.05, 4.69) is 60.4 Å². The largest absolute Gasteiger partial charge is 0.482 e. The molecule has 2 aromatic carbocycles. The van der Waals surface area contributed by atoms with Crippen molar-refractivity contribution in [3.63, 3.8) is 0 Å². The van der Waals surface area contributed by atoms with E-state index >= 15 is 0 Å². The molecule has 0 aliphatic carbocycles. The minimum atomic E-state index is -0.320. The second-order valence-corrected chi connectivity index (χ2v) is 7.67. The van der Waals surface area contributed by atoms with Crippen LogP contribution in [0.4, 0.5) is 0 Å². The fourth-order valence-electron chi connectivity index (χ4n) is 4.06. The molecule has 0 aromatic heterocycles. The van der Waals surface area contributed by atoms with Crippen molar-refractivity contribution in [1.82, 2.24) is 4.90 Å². The first-order valence-electron chi connectivity index (χ1n) is 10.0. The second kappa shape index (κ2) is 7.80. The van der Waals surface area contributed by atoms with Crippen molar-refractivity contribution in [3.8, 4) is 5.75 Å². The smallest absolute Gasteiger partial charge is 0.320 e. The van der Waals surface area contributed by atoms with Crippen molar-refractivity contribution >= 4 is 11.5 Å². The van der Waals surface area contributed by atoms with Crippen LogP contribution in [0.25, 0.3) is 5.57 Å². The number of aryl methyl sites for hydroxylation is 1. The van der Waals surface area contributed by atoms with Gasteiger partial charge in [-0.05, 0) is 37.1 Å². The van der Waals surface area contributed by atoms with E-state index in [1.807, 2.05) is 13.0 Å². The summed E-state index contributed by atoms with van der Waals surface area (Å²) in [5.74, 6) is 0.795. The number of rotatable bonds is 4. The number of carbonyl (C=O) groups excluding carboxylic acids is 1. The SMILES string of the molecule is CCOC(=O)CN1CCC2(C=C(c3ccc(C)cc3)c3ccccc3O2)CC1. The van der Waals surface area contributed by atoms with Gasteiger partial charge in [0.15, 0.2) is 0 Å². The summed E-state index contributed by atoms with van der Waals surface area (Å²) < 4.78 is 11.6. The van der Waals surface area contributed by atoms with Crippen LogP contribution in [-0.2, 0) is 9.53 Å². The summed E-state index contributed by atoms with van der Waals surface area (Å²) >= 11 is 0. The number of piperidine rings is 1. The van der Waals surface area contributed by atoms with Crippen molar-refractivity contribution in [3.05, 3.63) is 71.3 Å². The van der Waals surface area contributed by atoms with Gasteiger partial charge in [0.1, 0.15) is 11.4 Å². The number of para-hydroxylation sites is 1. The van der Waals surface area contributed by atoms with Gasteiger partial charge in [-0.2, -0.15) is 0 Å². The zero-order chi connectivity index (χ0) is 19.6. The average Bonchev–Trinajstić information content (AvgIpc) is 2.70. The van der Waals surface area contributed by atoms with Crippen molar-refractivity contribution in [2.24, 2.45) is 0 Å². The summed E-state index contributed by atoms with van der Waals surface area (Å²) in [6, 6.07) is 17.0. The van der Waals surface area contributed by atoms with Crippen LogP contribution in [0.2, 0.25) is 0 Å². The Morgan fingerprint density at radius 1 is 1.11 bits per heavy atom. The van der Waals surface area contributed by atoms with Gasteiger partial charge in [-0.15, -0.1) is 0 Å². The molecular weight excluding hydrogens is 350 g/mol. The summed E-state index contributed by atoms with van der Waals surface area (Å²) in [6.45, 7) is 6.37. The third-order valence-electron chi connectivity index (χ3n) is 5.62. The topological polar surface area (TPSA) is 38.8 Å². The van der Waals surface area contributed by atoms with Crippen LogP contribution in [0.15, 0.2) is 54.6 Å². The second-order valence-electron chi connectivity index (χ2n) is 7.67. The fourth-order valence-corrected chi connectivity index (χ4v) is 4.06. The molecule has 2 aromatic rings. The Morgan fingerprint density at radius 3 is 2.54 bits per heavy atom. The van der Waals surface area contributed by atoms with Crippen LogP contribution in [0.3, 0.4) is 0 Å². The Kier molecular flexibility index (Phi) is 5.23. The third kappa shape index (κ3) is 3.83. The van der Waals surface area contributed by atoms with Crippen molar-refractivity contribution in [2.75, 3.05) is 26.2 Å². The number of carbonyl (C=O) groups is 1. The van der Waals surface area contributed by atoms with E-state index in [1.165, 1.54) is 16.7 Å². The Morgan fingerprint density at radius 2 is 1.82 bits per heavy atom. The quantitative estimate of drug-likeness (QED) is 0.748. The molecule has 1 spiro atoms. The highest BCUT2D eigenvalue weighted by Crippen LogP contribution is 2.43. The van der Waals surface area contributed by atoms with Gasteiger partial charge in [0, 0.05) is 31.5 Å². The lowest BCUT2D eigenvalue weighted by Crippen LogP contribution is -2.49. The van der Waals surface area contributed by atoms with Crippen LogP contribution in [-0.4, -0.2) is 42.7 Å². The van der Waals surface area contributed by atoms with E-state index in [1.54, 1.807) is 0 Å². The molecule has 4 nitrogen and oxygen atoms in total. The summed E-state index contributed by atoms with van der Waals surface area (Å²) in [6.07, 6.45) is 4.02. The maximum Gasteiger partial charge on any atom is 0.320 e. The van der Waals surface area contributed by atoms with Crippen LogP contribution < -0.4 is 4.74 Å². The number of esters is 1. The van der Waals surface area contributed by atoms with Crippen molar-refractivity contribution in [2.45, 2.75) is 32.3 Å². The van der Waals surface area contributed by atoms with Gasteiger partial charge in [-0.3, -0.25) is 9.69 Å². The van der Waals surface area contributed by atoms with Crippen molar-refractivity contribution < 1.29 is 14.3 Å². The van der Waals surface area contributed by atoms with Crippen molar-refractivity contribution in [1.29, 1.82) is 0 Å². The van der Waals surface area contributed by atoms with E-state index in [4.69, 9.17) is 9.47 Å². The molecular formula is C24H27NO3. The molecule has 2 aliphatic heterocycles. The lowest BCUT2D eigenvalue weighted by molar-refractivity contribution is -0.145. The molecule has 0 N–H and O–H groups in total. The summed E-state index contributed by atoms with van der Waals surface area (Å²) in [5, 5.41) is 0. The van der Waals surface area contributed by atoms with Crippen LogP contribution in [0.1, 0.15) is 36.5 Å². The van der Waals surface area contributed by atoms with Crippen LogP contribution in [0, 0.1) is 6.92 Å². The molecule has 0 bridgehead atoms. The number of hydrogen-bond acceptors (Lipinski definition) is 4. The number of nitrogens with zero attached hydrogens (tertiary/aromatic N) is 1. The molecule has 0 atom stereocenters. The number of hydrogen-bond donors (Lipinski definition) is 0. The molecule has 1 fully saturated rings. The highest BCUT2D eigenvalue weighted by atomic mass is 16.5. The summed E-state index contributed by atoms with van der Waals surface area (Å²) in [7, 11) is 0. The maximum atomic E-state index is 11.8. The number of ether oxygens (including phenoxy) is 2. The molecule has 0 radical (unpaired) electrons. The lowest BCUT2D eigenvalue weighted by atomic mass is 9.83. The molecule has 28 heavy (non-hydrogen) atoms. The van der Waals surface area contributed by atoms with Gasteiger partial charge < -0.3 is 9.47 Å². The predicted molar refractivity (Wildman–Crippen MR) is 110 cm³/mol. The zero-order valence-corrected chi connectivity index (χ0v) is 16.6. The molecule has 146 valence electrons. The zero-order valence-electron chi connectivity index (χ0n) is 16.6. The first-order chi connectivity index (χ1) is 13.6.